The Morgan fingerprint density at radius 3 is 2.81 bits per heavy atom. The van der Waals surface area contributed by atoms with Gasteiger partial charge in [-0.2, -0.15) is 0 Å². The molecule has 0 saturated heterocycles. The van der Waals surface area contributed by atoms with Gasteiger partial charge in [0.1, 0.15) is 10.7 Å². The average molecular weight is 321 g/mol. The van der Waals surface area contributed by atoms with Crippen molar-refractivity contribution in [3.05, 3.63) is 58.6 Å². The minimum absolute atomic E-state index is 0.357. The second kappa shape index (κ2) is 7.29. The van der Waals surface area contributed by atoms with Crippen LogP contribution in [-0.2, 0) is 6.42 Å². The van der Waals surface area contributed by atoms with Gasteiger partial charge in [-0.3, -0.25) is 0 Å². The average Bonchev–Trinajstić information content (AvgIpc) is 2.47. The SMILES string of the molecule is COc1cccc(CCNc2cc(Cl)ccc2C(N)=S)c1. The molecule has 0 aromatic heterocycles. The Kier molecular flexibility index (Phi) is 5.42. The van der Waals surface area contributed by atoms with E-state index in [2.05, 4.69) is 11.4 Å². The number of anilines is 1. The van der Waals surface area contributed by atoms with E-state index in [0.29, 0.717) is 10.0 Å². The van der Waals surface area contributed by atoms with Crippen molar-refractivity contribution >= 4 is 34.5 Å². The highest BCUT2D eigenvalue weighted by atomic mass is 35.5. The van der Waals surface area contributed by atoms with E-state index < -0.39 is 0 Å². The molecule has 2 aromatic carbocycles. The van der Waals surface area contributed by atoms with Crippen molar-refractivity contribution < 1.29 is 4.74 Å². The topological polar surface area (TPSA) is 47.3 Å². The van der Waals surface area contributed by atoms with Crippen LogP contribution in [-0.4, -0.2) is 18.6 Å². The van der Waals surface area contributed by atoms with Crippen molar-refractivity contribution in [1.29, 1.82) is 0 Å². The first-order valence-corrected chi connectivity index (χ1v) is 7.35. The molecule has 0 aliphatic carbocycles. The molecule has 0 heterocycles. The predicted octanol–water partition coefficient (Wildman–Crippen LogP) is 3.64. The van der Waals surface area contributed by atoms with Crippen LogP contribution in [0.3, 0.4) is 0 Å². The Labute approximate surface area is 135 Å². The number of hydrogen-bond donors (Lipinski definition) is 2. The lowest BCUT2D eigenvalue weighted by Crippen LogP contribution is -2.14. The molecule has 0 aliphatic heterocycles. The summed E-state index contributed by atoms with van der Waals surface area (Å²) in [6.07, 6.45) is 0.862. The van der Waals surface area contributed by atoms with Crippen molar-refractivity contribution in [3.8, 4) is 5.75 Å². The second-order valence-electron chi connectivity index (χ2n) is 4.58. The fraction of sp³-hybridized carbons (Fsp3) is 0.188. The minimum Gasteiger partial charge on any atom is -0.497 e. The summed E-state index contributed by atoms with van der Waals surface area (Å²) >= 11 is 11.1. The highest BCUT2D eigenvalue weighted by Gasteiger charge is 2.06. The number of hydrogen-bond acceptors (Lipinski definition) is 3. The van der Waals surface area contributed by atoms with E-state index in [9.17, 15) is 0 Å². The molecule has 3 N–H and O–H groups in total. The summed E-state index contributed by atoms with van der Waals surface area (Å²) in [5.41, 5.74) is 8.58. The van der Waals surface area contributed by atoms with Gasteiger partial charge in [-0.25, -0.2) is 0 Å². The van der Waals surface area contributed by atoms with Gasteiger partial charge in [0, 0.05) is 22.8 Å². The molecule has 0 aliphatic rings. The monoisotopic (exact) mass is 320 g/mol. The summed E-state index contributed by atoms with van der Waals surface area (Å²) in [7, 11) is 1.66. The fourth-order valence-corrected chi connectivity index (χ4v) is 2.40. The zero-order valence-corrected chi connectivity index (χ0v) is 13.3. The van der Waals surface area contributed by atoms with Gasteiger partial charge in [-0.15, -0.1) is 0 Å². The first kappa shape index (κ1) is 15.6. The molecule has 21 heavy (non-hydrogen) atoms. The number of rotatable bonds is 6. The maximum atomic E-state index is 6.02. The third kappa shape index (κ3) is 4.34. The molecule has 2 aromatic rings. The molecular formula is C16H17ClN2OS. The van der Waals surface area contributed by atoms with Crippen molar-refractivity contribution in [3.63, 3.8) is 0 Å². The largest absolute Gasteiger partial charge is 0.497 e. The summed E-state index contributed by atoms with van der Waals surface area (Å²) in [4.78, 5) is 0.357. The molecule has 110 valence electrons. The van der Waals surface area contributed by atoms with Crippen LogP contribution in [0.25, 0.3) is 0 Å². The maximum absolute atomic E-state index is 6.02. The second-order valence-corrected chi connectivity index (χ2v) is 5.46. The van der Waals surface area contributed by atoms with Gasteiger partial charge >= 0.3 is 0 Å². The Morgan fingerprint density at radius 2 is 2.10 bits per heavy atom. The highest BCUT2D eigenvalue weighted by Crippen LogP contribution is 2.21. The van der Waals surface area contributed by atoms with Gasteiger partial charge in [-0.1, -0.05) is 36.0 Å². The van der Waals surface area contributed by atoms with E-state index >= 15 is 0 Å². The Hall–Kier alpha value is -1.78. The summed E-state index contributed by atoms with van der Waals surface area (Å²) in [6.45, 7) is 0.753. The number of nitrogens with one attached hydrogen (secondary N) is 1. The van der Waals surface area contributed by atoms with Gasteiger partial charge in [-0.05, 0) is 42.3 Å². The molecular weight excluding hydrogens is 304 g/mol. The number of benzene rings is 2. The van der Waals surface area contributed by atoms with Crippen LogP contribution in [0.5, 0.6) is 5.75 Å². The Morgan fingerprint density at radius 1 is 1.29 bits per heavy atom. The van der Waals surface area contributed by atoms with Crippen LogP contribution >= 0.6 is 23.8 Å². The zero-order valence-electron chi connectivity index (χ0n) is 11.7. The Balaban J connectivity index is 2.03. The lowest BCUT2D eigenvalue weighted by Gasteiger charge is -2.12. The van der Waals surface area contributed by atoms with Crippen LogP contribution in [0, 0.1) is 0 Å². The van der Waals surface area contributed by atoms with Gasteiger partial charge < -0.3 is 15.8 Å². The van der Waals surface area contributed by atoms with Gasteiger partial charge in [0.05, 0.1) is 7.11 Å². The third-order valence-electron chi connectivity index (χ3n) is 3.11. The smallest absolute Gasteiger partial charge is 0.119 e. The fourth-order valence-electron chi connectivity index (χ4n) is 2.05. The van der Waals surface area contributed by atoms with Crippen molar-refractivity contribution in [2.45, 2.75) is 6.42 Å². The van der Waals surface area contributed by atoms with Crippen LogP contribution in [0.1, 0.15) is 11.1 Å². The van der Waals surface area contributed by atoms with Gasteiger partial charge in [0.15, 0.2) is 0 Å². The van der Waals surface area contributed by atoms with Crippen LogP contribution in [0.15, 0.2) is 42.5 Å². The van der Waals surface area contributed by atoms with E-state index in [1.165, 1.54) is 5.56 Å². The highest BCUT2D eigenvalue weighted by molar-refractivity contribution is 7.80. The molecule has 0 unspecified atom stereocenters. The number of halogens is 1. The van der Waals surface area contributed by atoms with E-state index in [4.69, 9.17) is 34.3 Å². The number of thiocarbonyl (C=S) groups is 1. The van der Waals surface area contributed by atoms with E-state index in [0.717, 1.165) is 30.0 Å². The minimum atomic E-state index is 0.357. The molecule has 0 amide bonds. The first-order valence-electron chi connectivity index (χ1n) is 6.56. The van der Waals surface area contributed by atoms with Gasteiger partial charge in [0.25, 0.3) is 0 Å². The van der Waals surface area contributed by atoms with E-state index in [1.54, 1.807) is 13.2 Å². The third-order valence-corrected chi connectivity index (χ3v) is 3.57. The zero-order chi connectivity index (χ0) is 15.2. The van der Waals surface area contributed by atoms with E-state index in [1.807, 2.05) is 30.3 Å². The van der Waals surface area contributed by atoms with Crippen molar-refractivity contribution in [2.24, 2.45) is 5.73 Å². The Bertz CT molecular complexity index is 646. The molecule has 0 saturated carbocycles. The summed E-state index contributed by atoms with van der Waals surface area (Å²) < 4.78 is 5.21. The quantitative estimate of drug-likeness (QED) is 0.798. The number of methoxy groups -OCH3 is 1. The first-order chi connectivity index (χ1) is 10.1. The van der Waals surface area contributed by atoms with Crippen LogP contribution in [0.2, 0.25) is 5.02 Å². The number of ether oxygens (including phenoxy) is 1. The maximum Gasteiger partial charge on any atom is 0.119 e. The summed E-state index contributed by atoms with van der Waals surface area (Å²) in [6, 6.07) is 13.4. The van der Waals surface area contributed by atoms with E-state index in [-0.39, 0.29) is 0 Å². The van der Waals surface area contributed by atoms with Crippen LogP contribution < -0.4 is 15.8 Å². The molecule has 0 bridgehead atoms. The molecule has 5 heteroatoms. The molecule has 0 spiro atoms. The lowest BCUT2D eigenvalue weighted by atomic mass is 10.1. The van der Waals surface area contributed by atoms with Crippen molar-refractivity contribution in [2.75, 3.05) is 19.0 Å². The molecule has 0 atom stereocenters. The predicted molar refractivity (Wildman–Crippen MR) is 92.5 cm³/mol. The molecule has 2 rings (SSSR count). The molecule has 3 nitrogen and oxygen atoms in total. The summed E-state index contributed by atoms with van der Waals surface area (Å²) in [5, 5.41) is 3.98. The number of nitrogens with two attached hydrogens (primary N) is 1. The van der Waals surface area contributed by atoms with Crippen LogP contribution in [0.4, 0.5) is 5.69 Å². The van der Waals surface area contributed by atoms with Gasteiger partial charge in [0.2, 0.25) is 0 Å². The standard InChI is InChI=1S/C16H17ClN2OS/c1-20-13-4-2-3-11(9-13)7-8-19-15-10-12(17)5-6-14(15)16(18)21/h2-6,9-10,19H,7-8H2,1H3,(H2,18,21). The molecule has 0 fully saturated rings. The summed E-state index contributed by atoms with van der Waals surface area (Å²) in [5.74, 6) is 0.860. The lowest BCUT2D eigenvalue weighted by molar-refractivity contribution is 0.414. The van der Waals surface area contributed by atoms with Crippen molar-refractivity contribution in [1.82, 2.24) is 0 Å². The normalized spacial score (nSPS) is 10.2. The molecule has 0 radical (unpaired) electrons.